The summed E-state index contributed by atoms with van der Waals surface area (Å²) in [5.74, 6) is 0.945. The minimum Gasteiger partial charge on any atom is -0.348 e. The second-order valence-corrected chi connectivity index (χ2v) is 9.11. The zero-order valence-electron chi connectivity index (χ0n) is 16.0. The molecule has 1 amide bonds. The van der Waals surface area contributed by atoms with Crippen molar-refractivity contribution < 1.29 is 4.79 Å². The molecule has 0 spiro atoms. The fraction of sp³-hybridized carbons (Fsp3) is 0.400. The molecule has 1 N–H and O–H groups in total. The third kappa shape index (κ3) is 4.28. The van der Waals surface area contributed by atoms with Crippen molar-refractivity contribution in [3.63, 3.8) is 0 Å². The van der Waals surface area contributed by atoms with Crippen molar-refractivity contribution >= 4 is 50.2 Å². The molecule has 28 heavy (non-hydrogen) atoms. The Labute approximate surface area is 172 Å². The molecular formula is C20H23N5OS2. The minimum atomic E-state index is -0.0411. The number of thioether (sulfide) groups is 1. The van der Waals surface area contributed by atoms with E-state index in [0.717, 1.165) is 44.8 Å². The maximum atomic E-state index is 12.4. The van der Waals surface area contributed by atoms with Crippen molar-refractivity contribution in [3.05, 3.63) is 36.2 Å². The lowest BCUT2D eigenvalue weighted by atomic mass is 10.0. The first kappa shape index (κ1) is 19.1. The summed E-state index contributed by atoms with van der Waals surface area (Å²) in [6.07, 6.45) is 4.01. The van der Waals surface area contributed by atoms with Crippen LogP contribution in [0.3, 0.4) is 0 Å². The number of rotatable bonds is 5. The number of aryl methyl sites for hydroxylation is 1. The topological polar surface area (TPSA) is 71.0 Å². The van der Waals surface area contributed by atoms with Crippen molar-refractivity contribution in [2.75, 3.05) is 29.1 Å². The van der Waals surface area contributed by atoms with E-state index in [9.17, 15) is 4.79 Å². The van der Waals surface area contributed by atoms with Gasteiger partial charge in [0.1, 0.15) is 16.1 Å². The van der Waals surface area contributed by atoms with Gasteiger partial charge in [-0.3, -0.25) is 4.79 Å². The second-order valence-electron chi connectivity index (χ2n) is 7.17. The summed E-state index contributed by atoms with van der Waals surface area (Å²) in [7, 11) is 0. The third-order valence-corrected chi connectivity index (χ3v) is 7.06. The molecule has 1 fully saturated rings. The predicted molar refractivity (Wildman–Crippen MR) is 116 cm³/mol. The number of piperidine rings is 1. The van der Waals surface area contributed by atoms with Gasteiger partial charge < -0.3 is 10.2 Å². The molecule has 146 valence electrons. The average Bonchev–Trinajstić information content (AvgIpc) is 3.13. The Kier molecular flexibility index (Phi) is 5.77. The van der Waals surface area contributed by atoms with Crippen molar-refractivity contribution in [3.8, 4) is 0 Å². The number of thiazole rings is 1. The zero-order valence-corrected chi connectivity index (χ0v) is 17.6. The number of hydrogen-bond donors (Lipinski definition) is 1. The highest BCUT2D eigenvalue weighted by Crippen LogP contribution is 2.35. The summed E-state index contributed by atoms with van der Waals surface area (Å²) in [6, 6.07) is 7.78. The van der Waals surface area contributed by atoms with Crippen LogP contribution in [0.25, 0.3) is 10.3 Å². The Morgan fingerprint density at radius 1 is 1.36 bits per heavy atom. The lowest BCUT2D eigenvalue weighted by molar-refractivity contribution is -0.113. The highest BCUT2D eigenvalue weighted by atomic mass is 32.2. The van der Waals surface area contributed by atoms with Crippen LogP contribution >= 0.6 is 23.1 Å². The van der Waals surface area contributed by atoms with Gasteiger partial charge in [0.25, 0.3) is 0 Å². The maximum absolute atomic E-state index is 12.4. The van der Waals surface area contributed by atoms with Gasteiger partial charge >= 0.3 is 0 Å². The van der Waals surface area contributed by atoms with Gasteiger partial charge in [-0.25, -0.2) is 9.97 Å². The Hall–Kier alpha value is -2.19. The van der Waals surface area contributed by atoms with Gasteiger partial charge in [0.05, 0.1) is 5.75 Å². The lowest BCUT2D eigenvalue weighted by Gasteiger charge is -2.30. The van der Waals surface area contributed by atoms with Crippen LogP contribution in [0.1, 0.15) is 25.3 Å². The second kappa shape index (κ2) is 8.45. The zero-order chi connectivity index (χ0) is 19.5. The highest BCUT2D eigenvalue weighted by Gasteiger charge is 2.21. The number of anilines is 2. The van der Waals surface area contributed by atoms with E-state index >= 15 is 0 Å². The monoisotopic (exact) mass is 413 g/mol. The summed E-state index contributed by atoms with van der Waals surface area (Å²) < 4.78 is 0.962. The van der Waals surface area contributed by atoms with Gasteiger partial charge in [-0.05, 0) is 37.3 Å². The first-order valence-corrected chi connectivity index (χ1v) is 11.2. The molecule has 1 aliphatic heterocycles. The van der Waals surface area contributed by atoms with Crippen LogP contribution in [0, 0.1) is 12.8 Å². The summed E-state index contributed by atoms with van der Waals surface area (Å²) in [5.41, 5.74) is 2.61. The van der Waals surface area contributed by atoms with Crippen LogP contribution in [0.5, 0.6) is 0 Å². The molecule has 1 aromatic carbocycles. The minimum absolute atomic E-state index is 0.0411. The number of aromatic nitrogens is 3. The first-order chi connectivity index (χ1) is 13.6. The Morgan fingerprint density at radius 2 is 2.21 bits per heavy atom. The van der Waals surface area contributed by atoms with Gasteiger partial charge in [-0.15, -0.1) is 0 Å². The number of carbonyl (C=O) groups excluding carboxylic acids is 1. The van der Waals surface area contributed by atoms with Gasteiger partial charge in [-0.2, -0.15) is 4.98 Å². The van der Waals surface area contributed by atoms with Crippen LogP contribution in [0.2, 0.25) is 0 Å². The van der Waals surface area contributed by atoms with Crippen LogP contribution < -0.4 is 10.2 Å². The normalized spacial score (nSPS) is 17.1. The van der Waals surface area contributed by atoms with E-state index in [-0.39, 0.29) is 5.91 Å². The number of fused-ring (bicyclic) bond motifs is 1. The SMILES string of the molecule is Cc1ccccc1NC(=O)CSc1ncnc2nc(N3CCCC(C)C3)sc12. The maximum Gasteiger partial charge on any atom is 0.234 e. The average molecular weight is 414 g/mol. The molecule has 1 unspecified atom stereocenters. The molecule has 2 aromatic heterocycles. The van der Waals surface area contributed by atoms with Crippen LogP contribution in [0.4, 0.5) is 10.8 Å². The van der Waals surface area contributed by atoms with Crippen molar-refractivity contribution in [1.82, 2.24) is 15.0 Å². The Morgan fingerprint density at radius 3 is 3.04 bits per heavy atom. The lowest BCUT2D eigenvalue weighted by Crippen LogP contribution is -2.34. The van der Waals surface area contributed by atoms with Gasteiger partial charge in [0.15, 0.2) is 10.8 Å². The largest absolute Gasteiger partial charge is 0.348 e. The molecular weight excluding hydrogens is 390 g/mol. The van der Waals surface area contributed by atoms with E-state index in [1.165, 1.54) is 30.9 Å². The molecule has 3 heterocycles. The molecule has 0 aliphatic carbocycles. The standard InChI is InChI=1S/C20H23N5OS2/c1-13-6-5-9-25(10-13)20-24-18-17(28-20)19(22-12-21-18)27-11-16(26)23-15-8-4-3-7-14(15)2/h3-4,7-8,12-13H,5-6,9-11H2,1-2H3,(H,23,26). The van der Waals surface area contributed by atoms with Crippen LogP contribution in [-0.4, -0.2) is 39.7 Å². The molecule has 8 heteroatoms. The Bertz CT molecular complexity index is 990. The predicted octanol–water partition coefficient (Wildman–Crippen LogP) is 4.36. The summed E-state index contributed by atoms with van der Waals surface area (Å²) in [5, 5.41) is 4.79. The fourth-order valence-electron chi connectivity index (χ4n) is 3.36. The molecule has 4 rings (SSSR count). The van der Waals surface area contributed by atoms with Crippen molar-refractivity contribution in [2.24, 2.45) is 5.92 Å². The highest BCUT2D eigenvalue weighted by molar-refractivity contribution is 8.00. The van der Waals surface area contributed by atoms with E-state index in [2.05, 4.69) is 27.1 Å². The van der Waals surface area contributed by atoms with Crippen molar-refractivity contribution in [2.45, 2.75) is 31.7 Å². The molecule has 0 saturated carbocycles. The number of nitrogens with one attached hydrogen (secondary N) is 1. The number of nitrogens with zero attached hydrogens (tertiary/aromatic N) is 4. The fourth-order valence-corrected chi connectivity index (χ4v) is 5.28. The molecule has 1 aliphatic rings. The number of amides is 1. The van der Waals surface area contributed by atoms with Gasteiger partial charge in [-0.1, -0.05) is 48.2 Å². The summed E-state index contributed by atoms with van der Waals surface area (Å²) >= 11 is 3.06. The Balaban J connectivity index is 1.46. The van der Waals surface area contributed by atoms with E-state index in [1.807, 2.05) is 31.2 Å². The van der Waals surface area contributed by atoms with Crippen LogP contribution in [-0.2, 0) is 4.79 Å². The quantitative estimate of drug-likeness (QED) is 0.495. The number of benzene rings is 1. The molecule has 6 nitrogen and oxygen atoms in total. The summed E-state index contributed by atoms with van der Waals surface area (Å²) in [4.78, 5) is 28.2. The summed E-state index contributed by atoms with van der Waals surface area (Å²) in [6.45, 7) is 6.35. The molecule has 0 bridgehead atoms. The third-order valence-electron chi connectivity index (χ3n) is 4.83. The van der Waals surface area contributed by atoms with Gasteiger partial charge in [0.2, 0.25) is 5.91 Å². The molecule has 1 saturated heterocycles. The van der Waals surface area contributed by atoms with E-state index in [4.69, 9.17) is 4.98 Å². The van der Waals surface area contributed by atoms with E-state index in [0.29, 0.717) is 11.7 Å². The number of carbonyl (C=O) groups is 1. The number of para-hydroxylation sites is 1. The molecule has 3 aromatic rings. The molecule has 1 atom stereocenters. The first-order valence-electron chi connectivity index (χ1n) is 9.45. The van der Waals surface area contributed by atoms with E-state index < -0.39 is 0 Å². The van der Waals surface area contributed by atoms with E-state index in [1.54, 1.807) is 11.3 Å². The van der Waals surface area contributed by atoms with Gasteiger partial charge in [0, 0.05) is 18.8 Å². The van der Waals surface area contributed by atoms with Crippen LogP contribution in [0.15, 0.2) is 35.6 Å². The smallest absolute Gasteiger partial charge is 0.234 e. The van der Waals surface area contributed by atoms with Crippen molar-refractivity contribution in [1.29, 1.82) is 0 Å². The molecule has 0 radical (unpaired) electrons. The number of hydrogen-bond acceptors (Lipinski definition) is 7.